The van der Waals surface area contributed by atoms with Crippen LogP contribution < -0.4 is 5.32 Å². The van der Waals surface area contributed by atoms with Crippen molar-refractivity contribution in [2.24, 2.45) is 0 Å². The van der Waals surface area contributed by atoms with Crippen LogP contribution in [-0.2, 0) is 4.79 Å². The molecule has 4 unspecified atom stereocenters. The molecule has 4 nitrogen and oxygen atoms in total. The zero-order valence-electron chi connectivity index (χ0n) is 9.14. The minimum atomic E-state index is -0.423. The van der Waals surface area contributed by atoms with Crippen LogP contribution in [-0.4, -0.2) is 52.3 Å². The third kappa shape index (κ3) is 1.88. The molecule has 0 radical (unpaired) electrons. The molecule has 2 N–H and O–H groups in total. The molecule has 2 fully saturated rings. The van der Waals surface area contributed by atoms with E-state index in [-0.39, 0.29) is 23.4 Å². The normalized spacial score (nSPS) is 37.9. The van der Waals surface area contributed by atoms with Gasteiger partial charge in [-0.2, -0.15) is 0 Å². The molecule has 0 saturated carbocycles. The van der Waals surface area contributed by atoms with Crippen LogP contribution in [0.15, 0.2) is 0 Å². The highest BCUT2D eigenvalue weighted by Gasteiger charge is 2.45. The number of nitrogens with one attached hydrogen (secondary N) is 1. The Bertz CT molecular complexity index is 260. The van der Waals surface area contributed by atoms with Gasteiger partial charge in [0, 0.05) is 6.42 Å². The number of carbonyl (C=O) groups is 1. The molecule has 2 saturated heterocycles. The molecule has 0 aromatic heterocycles. The predicted octanol–water partition coefficient (Wildman–Crippen LogP) is 0.0191. The van der Waals surface area contributed by atoms with E-state index in [1.165, 1.54) is 0 Å². The Morgan fingerprint density at radius 2 is 2.40 bits per heavy atom. The molecule has 2 aliphatic rings. The quantitative estimate of drug-likeness (QED) is 0.702. The van der Waals surface area contributed by atoms with Crippen LogP contribution in [0.4, 0.5) is 0 Å². The smallest absolute Gasteiger partial charge is 0.241 e. The van der Waals surface area contributed by atoms with Crippen molar-refractivity contribution < 1.29 is 9.90 Å². The van der Waals surface area contributed by atoms with Crippen LogP contribution in [0, 0.1) is 0 Å². The first-order valence-corrected chi connectivity index (χ1v) is 6.49. The second-order valence-electron chi connectivity index (χ2n) is 4.24. The summed E-state index contributed by atoms with van der Waals surface area (Å²) in [7, 11) is 1.82. The van der Waals surface area contributed by atoms with E-state index in [9.17, 15) is 9.90 Å². The standard InChI is InChI=1S/C10H18N2O2S/c1-6(13)8-3-4-15-9-5-7(11-2)10(14)12(8)9/h6-9,11,13H,3-5H2,1-2H3. The summed E-state index contributed by atoms with van der Waals surface area (Å²) in [5.41, 5.74) is 0. The number of hydrogen-bond acceptors (Lipinski definition) is 4. The largest absolute Gasteiger partial charge is 0.391 e. The van der Waals surface area contributed by atoms with E-state index >= 15 is 0 Å². The maximum Gasteiger partial charge on any atom is 0.241 e. The maximum atomic E-state index is 12.0. The van der Waals surface area contributed by atoms with Crippen molar-refractivity contribution in [1.82, 2.24) is 10.2 Å². The fraction of sp³-hybridized carbons (Fsp3) is 0.900. The van der Waals surface area contributed by atoms with Crippen LogP contribution >= 0.6 is 11.8 Å². The highest BCUT2D eigenvalue weighted by atomic mass is 32.2. The van der Waals surface area contributed by atoms with Crippen molar-refractivity contribution in [3.05, 3.63) is 0 Å². The summed E-state index contributed by atoms with van der Waals surface area (Å²) in [6.45, 7) is 1.78. The fourth-order valence-electron chi connectivity index (χ4n) is 2.44. The van der Waals surface area contributed by atoms with Crippen molar-refractivity contribution in [2.45, 2.75) is 43.3 Å². The first kappa shape index (κ1) is 11.2. The zero-order chi connectivity index (χ0) is 11.0. The summed E-state index contributed by atoms with van der Waals surface area (Å²) >= 11 is 1.83. The Morgan fingerprint density at radius 3 is 3.00 bits per heavy atom. The topological polar surface area (TPSA) is 52.6 Å². The number of carbonyl (C=O) groups excluding carboxylic acids is 1. The van der Waals surface area contributed by atoms with Gasteiger partial charge >= 0.3 is 0 Å². The van der Waals surface area contributed by atoms with Crippen molar-refractivity contribution in [2.75, 3.05) is 12.8 Å². The second-order valence-corrected chi connectivity index (χ2v) is 5.53. The summed E-state index contributed by atoms with van der Waals surface area (Å²) in [6, 6.07) is -0.0380. The van der Waals surface area contributed by atoms with Gasteiger partial charge in [0.1, 0.15) is 0 Å². The predicted molar refractivity (Wildman–Crippen MR) is 60.6 cm³/mol. The number of hydrogen-bond donors (Lipinski definition) is 2. The molecule has 0 spiro atoms. The fourth-order valence-corrected chi connectivity index (χ4v) is 3.84. The maximum absolute atomic E-state index is 12.0. The van der Waals surface area contributed by atoms with Crippen LogP contribution in [0.5, 0.6) is 0 Å². The molecule has 0 aromatic rings. The zero-order valence-corrected chi connectivity index (χ0v) is 9.96. The number of aliphatic hydroxyl groups excluding tert-OH is 1. The molecule has 0 aliphatic carbocycles. The highest BCUT2D eigenvalue weighted by molar-refractivity contribution is 7.99. The van der Waals surface area contributed by atoms with Crippen LogP contribution in [0.3, 0.4) is 0 Å². The number of fused-ring (bicyclic) bond motifs is 1. The van der Waals surface area contributed by atoms with Crippen molar-refractivity contribution in [1.29, 1.82) is 0 Å². The number of rotatable bonds is 2. The van der Waals surface area contributed by atoms with E-state index in [1.54, 1.807) is 6.92 Å². The van der Waals surface area contributed by atoms with Gasteiger partial charge in [-0.3, -0.25) is 4.79 Å². The molecular formula is C10H18N2O2S. The van der Waals surface area contributed by atoms with Gasteiger partial charge in [-0.25, -0.2) is 0 Å². The molecule has 2 aliphatic heterocycles. The van der Waals surface area contributed by atoms with Crippen molar-refractivity contribution in [3.8, 4) is 0 Å². The number of thioether (sulfide) groups is 1. The molecule has 0 bridgehead atoms. The minimum absolute atomic E-state index is 0.0158. The van der Waals surface area contributed by atoms with Gasteiger partial charge in [0.05, 0.1) is 23.6 Å². The van der Waals surface area contributed by atoms with Gasteiger partial charge in [-0.05, 0) is 26.1 Å². The highest BCUT2D eigenvalue weighted by Crippen LogP contribution is 2.36. The Morgan fingerprint density at radius 1 is 1.67 bits per heavy atom. The van der Waals surface area contributed by atoms with Gasteiger partial charge in [0.2, 0.25) is 5.91 Å². The summed E-state index contributed by atoms with van der Waals surface area (Å²) < 4.78 is 0. The van der Waals surface area contributed by atoms with E-state index in [2.05, 4.69) is 5.32 Å². The lowest BCUT2D eigenvalue weighted by atomic mass is 10.1. The van der Waals surface area contributed by atoms with Crippen molar-refractivity contribution in [3.63, 3.8) is 0 Å². The lowest BCUT2D eigenvalue weighted by Crippen LogP contribution is -2.51. The first-order chi connectivity index (χ1) is 7.15. The average molecular weight is 230 g/mol. The van der Waals surface area contributed by atoms with E-state index in [0.717, 1.165) is 18.6 Å². The van der Waals surface area contributed by atoms with Crippen LogP contribution in [0.1, 0.15) is 19.8 Å². The van der Waals surface area contributed by atoms with Gasteiger partial charge < -0.3 is 15.3 Å². The molecule has 2 rings (SSSR count). The first-order valence-electron chi connectivity index (χ1n) is 5.44. The van der Waals surface area contributed by atoms with E-state index in [1.807, 2.05) is 23.7 Å². The second kappa shape index (κ2) is 4.31. The van der Waals surface area contributed by atoms with Gasteiger partial charge in [0.15, 0.2) is 0 Å². The lowest BCUT2D eigenvalue weighted by molar-refractivity contribution is -0.134. The minimum Gasteiger partial charge on any atom is -0.391 e. The van der Waals surface area contributed by atoms with Gasteiger partial charge in [-0.1, -0.05) is 0 Å². The SMILES string of the molecule is CNC1CC2SCCC(C(C)O)N2C1=O. The number of aliphatic hydroxyl groups is 1. The molecule has 5 heteroatoms. The molecule has 1 amide bonds. The summed E-state index contributed by atoms with van der Waals surface area (Å²) in [5, 5.41) is 13.0. The van der Waals surface area contributed by atoms with E-state index in [0.29, 0.717) is 0 Å². The summed E-state index contributed by atoms with van der Waals surface area (Å²) in [6.07, 6.45) is 1.34. The Hall–Kier alpha value is -0.260. The van der Waals surface area contributed by atoms with Crippen molar-refractivity contribution >= 4 is 17.7 Å². The van der Waals surface area contributed by atoms with E-state index < -0.39 is 6.10 Å². The average Bonchev–Trinajstić information content (AvgIpc) is 2.55. The van der Waals surface area contributed by atoms with E-state index in [4.69, 9.17) is 0 Å². The monoisotopic (exact) mass is 230 g/mol. The van der Waals surface area contributed by atoms with Crippen LogP contribution in [0.25, 0.3) is 0 Å². The Balaban J connectivity index is 2.16. The van der Waals surface area contributed by atoms with Gasteiger partial charge in [0.25, 0.3) is 0 Å². The molecule has 2 heterocycles. The molecule has 4 atom stereocenters. The third-order valence-corrected chi connectivity index (χ3v) is 4.56. The van der Waals surface area contributed by atoms with Crippen LogP contribution in [0.2, 0.25) is 0 Å². The lowest BCUT2D eigenvalue weighted by Gasteiger charge is -2.38. The summed E-state index contributed by atoms with van der Waals surface area (Å²) in [5.74, 6) is 1.20. The molecule has 0 aromatic carbocycles. The molecular weight excluding hydrogens is 212 g/mol. The Kier molecular flexibility index (Phi) is 3.23. The number of amides is 1. The molecule has 86 valence electrons. The molecule has 15 heavy (non-hydrogen) atoms. The number of nitrogens with zero attached hydrogens (tertiary/aromatic N) is 1. The third-order valence-electron chi connectivity index (χ3n) is 3.29. The Labute approximate surface area is 94.4 Å². The van der Waals surface area contributed by atoms with Gasteiger partial charge in [-0.15, -0.1) is 11.8 Å². The number of likely N-dealkylation sites (N-methyl/N-ethyl adjacent to an activating group) is 1. The summed E-state index contributed by atoms with van der Waals surface area (Å²) in [4.78, 5) is 13.9.